The van der Waals surface area contributed by atoms with E-state index in [1.54, 1.807) is 32.9 Å². The lowest BCUT2D eigenvalue weighted by Gasteiger charge is -2.50. The van der Waals surface area contributed by atoms with Crippen molar-refractivity contribution in [2.24, 2.45) is 11.3 Å². The van der Waals surface area contributed by atoms with Gasteiger partial charge in [-0.05, 0) is 45.0 Å². The van der Waals surface area contributed by atoms with E-state index in [4.69, 9.17) is 4.74 Å². The normalized spacial score (nSPS) is 19.2. The zero-order valence-electron chi connectivity index (χ0n) is 21.7. The maximum Gasteiger partial charge on any atom is 0.416 e. The molecule has 1 unspecified atom stereocenters. The Morgan fingerprint density at radius 2 is 1.67 bits per heavy atom. The summed E-state index contributed by atoms with van der Waals surface area (Å²) in [5.41, 5.74) is -1.24. The van der Waals surface area contributed by atoms with E-state index < -0.39 is 56.5 Å². The van der Waals surface area contributed by atoms with Gasteiger partial charge < -0.3 is 19.6 Å². The molecule has 39 heavy (non-hydrogen) atoms. The molecule has 1 aromatic heterocycles. The van der Waals surface area contributed by atoms with Crippen molar-refractivity contribution in [3.63, 3.8) is 0 Å². The van der Waals surface area contributed by atoms with Crippen molar-refractivity contribution in [2.75, 3.05) is 31.9 Å². The fraction of sp³-hybridized carbons (Fsp3) is 0.500. The molecule has 1 N–H and O–H groups in total. The highest BCUT2D eigenvalue weighted by Crippen LogP contribution is 2.45. The summed E-state index contributed by atoms with van der Waals surface area (Å²) in [7, 11) is -3.77. The summed E-state index contributed by atoms with van der Waals surface area (Å²) in [5.74, 6) is -1.25. The Morgan fingerprint density at radius 3 is 2.23 bits per heavy atom. The van der Waals surface area contributed by atoms with Crippen LogP contribution in [0.25, 0.3) is 11.3 Å². The molecule has 2 saturated heterocycles. The van der Waals surface area contributed by atoms with Crippen LogP contribution < -0.4 is 0 Å². The van der Waals surface area contributed by atoms with Crippen molar-refractivity contribution < 1.29 is 41.0 Å². The van der Waals surface area contributed by atoms with Gasteiger partial charge in [-0.25, -0.2) is 18.0 Å². The third kappa shape index (κ3) is 6.63. The second-order valence-corrected chi connectivity index (χ2v) is 13.3. The number of hydrogen-bond acceptors (Lipinski definition) is 6. The Labute approximate surface area is 224 Å². The first-order chi connectivity index (χ1) is 18.0. The van der Waals surface area contributed by atoms with Crippen LogP contribution in [0.15, 0.2) is 42.5 Å². The molecule has 2 aliphatic heterocycles. The van der Waals surface area contributed by atoms with E-state index in [1.807, 2.05) is 0 Å². The summed E-state index contributed by atoms with van der Waals surface area (Å²) >= 11 is 0. The molecular weight excluding hydrogens is 539 g/mol. The second-order valence-electron chi connectivity index (χ2n) is 11.2. The molecule has 9 nitrogen and oxygen atoms in total. The molecule has 2 aromatic rings. The molecule has 2 aliphatic rings. The number of carbonyl (C=O) groups excluding carboxylic acids is 1. The van der Waals surface area contributed by atoms with Crippen LogP contribution in [0.1, 0.15) is 32.0 Å². The first-order valence-corrected chi connectivity index (χ1v) is 14.1. The van der Waals surface area contributed by atoms with Crippen molar-refractivity contribution >= 4 is 22.0 Å². The number of halogens is 3. The molecule has 13 heteroatoms. The van der Waals surface area contributed by atoms with Crippen LogP contribution in [-0.2, 0) is 26.5 Å². The first-order valence-electron chi connectivity index (χ1n) is 12.3. The van der Waals surface area contributed by atoms with Crippen LogP contribution in [0.4, 0.5) is 22.8 Å². The van der Waals surface area contributed by atoms with Crippen molar-refractivity contribution in [3.8, 4) is 11.3 Å². The minimum absolute atomic E-state index is 0.0236. The van der Waals surface area contributed by atoms with Crippen LogP contribution in [0, 0.1) is 11.3 Å². The van der Waals surface area contributed by atoms with Crippen LogP contribution in [0.2, 0.25) is 0 Å². The zero-order valence-corrected chi connectivity index (χ0v) is 22.6. The number of carbonyl (C=O) groups is 2. The van der Waals surface area contributed by atoms with Crippen LogP contribution in [0.3, 0.4) is 0 Å². The SMILES string of the molecule is CC(C)(C)OC(=O)N1CC2(CN(C(=O)O)CC2CS(=O)(=O)Cc2cccc(-c3ccc(C(F)(F)F)cc3)n2)C1. The smallest absolute Gasteiger partial charge is 0.416 e. The number of sulfone groups is 1. The number of aromatic nitrogens is 1. The molecule has 0 bridgehead atoms. The maximum absolute atomic E-state index is 13.2. The lowest BCUT2D eigenvalue weighted by Crippen LogP contribution is -2.63. The van der Waals surface area contributed by atoms with Gasteiger partial charge >= 0.3 is 18.4 Å². The van der Waals surface area contributed by atoms with Gasteiger partial charge in [-0.1, -0.05) is 18.2 Å². The number of amides is 2. The lowest BCUT2D eigenvalue weighted by molar-refractivity contribution is -0.137. The third-order valence-electron chi connectivity index (χ3n) is 6.88. The third-order valence-corrected chi connectivity index (χ3v) is 8.53. The number of nitrogens with zero attached hydrogens (tertiary/aromatic N) is 3. The van der Waals surface area contributed by atoms with Crippen molar-refractivity contribution in [1.82, 2.24) is 14.8 Å². The van der Waals surface area contributed by atoms with Crippen molar-refractivity contribution in [2.45, 2.75) is 38.3 Å². The molecule has 212 valence electrons. The lowest BCUT2D eigenvalue weighted by atomic mass is 9.72. The van der Waals surface area contributed by atoms with Gasteiger partial charge in [0.05, 0.1) is 28.5 Å². The average Bonchev–Trinajstić information content (AvgIpc) is 3.15. The number of hydrogen-bond donors (Lipinski definition) is 1. The van der Waals surface area contributed by atoms with E-state index in [0.717, 1.165) is 12.1 Å². The average molecular weight is 570 g/mol. The Morgan fingerprint density at radius 1 is 1.05 bits per heavy atom. The summed E-state index contributed by atoms with van der Waals surface area (Å²) in [6, 6.07) is 9.11. The molecule has 0 saturated carbocycles. The molecule has 1 spiro atoms. The number of pyridine rings is 1. The van der Waals surface area contributed by atoms with Gasteiger partial charge in [-0.2, -0.15) is 13.2 Å². The van der Waals surface area contributed by atoms with Gasteiger partial charge in [0, 0.05) is 43.1 Å². The molecule has 3 heterocycles. The fourth-order valence-corrected chi connectivity index (χ4v) is 6.88. The van der Waals surface area contributed by atoms with Crippen molar-refractivity contribution in [3.05, 3.63) is 53.7 Å². The largest absolute Gasteiger partial charge is 0.465 e. The predicted molar refractivity (Wildman–Crippen MR) is 135 cm³/mol. The fourth-order valence-electron chi connectivity index (χ4n) is 5.08. The Hall–Kier alpha value is -3.35. The predicted octanol–water partition coefficient (Wildman–Crippen LogP) is 4.53. The summed E-state index contributed by atoms with van der Waals surface area (Å²) in [5, 5.41) is 9.54. The summed E-state index contributed by atoms with van der Waals surface area (Å²) < 4.78 is 70.5. The molecule has 0 radical (unpaired) electrons. The number of likely N-dealkylation sites (tertiary alicyclic amines) is 2. The van der Waals surface area contributed by atoms with Gasteiger partial charge in [0.25, 0.3) is 0 Å². The monoisotopic (exact) mass is 569 g/mol. The Balaban J connectivity index is 1.47. The maximum atomic E-state index is 13.2. The van der Waals surface area contributed by atoms with E-state index >= 15 is 0 Å². The zero-order chi connectivity index (χ0) is 28.8. The molecule has 1 aromatic carbocycles. The minimum atomic E-state index is -4.47. The van der Waals surface area contributed by atoms with Crippen LogP contribution >= 0.6 is 0 Å². The molecular formula is C26H30F3N3O6S. The van der Waals surface area contributed by atoms with Crippen LogP contribution in [-0.4, -0.2) is 78.0 Å². The molecule has 2 fully saturated rings. The highest BCUT2D eigenvalue weighted by molar-refractivity contribution is 7.90. The standard InChI is InChI=1S/C26H30F3N3O6S/c1-24(2,3)38-23(35)32-15-25(16-32)14-31(22(33)34)11-19(25)12-39(36,37)13-20-5-4-6-21(30-20)17-7-9-18(10-8-17)26(27,28)29/h4-10,19H,11-16H2,1-3H3,(H,33,34). The van der Waals surface area contributed by atoms with Gasteiger partial charge in [0.2, 0.25) is 0 Å². The molecule has 4 rings (SSSR count). The number of alkyl halides is 3. The van der Waals surface area contributed by atoms with E-state index in [2.05, 4.69) is 4.98 Å². The quantitative estimate of drug-likeness (QED) is 0.562. The van der Waals surface area contributed by atoms with E-state index in [0.29, 0.717) is 11.3 Å². The summed E-state index contributed by atoms with van der Waals surface area (Å²) in [6.45, 7) is 5.72. The molecule has 0 aliphatic carbocycles. The highest BCUT2D eigenvalue weighted by Gasteiger charge is 2.57. The number of ether oxygens (including phenoxy) is 1. The van der Waals surface area contributed by atoms with Gasteiger partial charge in [0.1, 0.15) is 5.60 Å². The topological polar surface area (TPSA) is 117 Å². The van der Waals surface area contributed by atoms with Gasteiger partial charge in [0.15, 0.2) is 9.84 Å². The molecule has 1 atom stereocenters. The Kier molecular flexibility index (Phi) is 7.34. The van der Waals surface area contributed by atoms with E-state index in [-0.39, 0.29) is 37.6 Å². The Bertz CT molecular complexity index is 1350. The van der Waals surface area contributed by atoms with Gasteiger partial charge in [-0.15, -0.1) is 0 Å². The van der Waals surface area contributed by atoms with E-state index in [1.165, 1.54) is 28.0 Å². The summed E-state index contributed by atoms with van der Waals surface area (Å²) in [6.07, 6.45) is -6.16. The minimum Gasteiger partial charge on any atom is -0.465 e. The summed E-state index contributed by atoms with van der Waals surface area (Å²) in [4.78, 5) is 31.1. The van der Waals surface area contributed by atoms with E-state index in [9.17, 15) is 36.3 Å². The second kappa shape index (κ2) is 10.00. The first kappa shape index (κ1) is 28.7. The van der Waals surface area contributed by atoms with Gasteiger partial charge in [-0.3, -0.25) is 4.98 Å². The number of benzene rings is 1. The number of carboxylic acid groups (broad SMARTS) is 1. The van der Waals surface area contributed by atoms with Crippen LogP contribution in [0.5, 0.6) is 0 Å². The van der Waals surface area contributed by atoms with Crippen molar-refractivity contribution in [1.29, 1.82) is 0 Å². The number of rotatable bonds is 5. The molecule has 2 amide bonds. The highest BCUT2D eigenvalue weighted by atomic mass is 32.2.